The van der Waals surface area contributed by atoms with Gasteiger partial charge in [-0.1, -0.05) is 30.0 Å². The van der Waals surface area contributed by atoms with Gasteiger partial charge in [0.2, 0.25) is 0 Å². The van der Waals surface area contributed by atoms with Crippen LogP contribution in [0.25, 0.3) is 0 Å². The number of nitrogens with one attached hydrogen (secondary N) is 1. The van der Waals surface area contributed by atoms with E-state index >= 15 is 0 Å². The number of rotatable bonds is 3. The third-order valence-corrected chi connectivity index (χ3v) is 3.21. The summed E-state index contributed by atoms with van der Waals surface area (Å²) in [5.74, 6) is 5.93. The van der Waals surface area contributed by atoms with Crippen molar-refractivity contribution in [3.63, 3.8) is 0 Å². The quantitative estimate of drug-likeness (QED) is 0.815. The SMILES string of the molecule is O=C(NCc1ccccc1C#CCCO)N1CCOCC1. The molecule has 0 saturated carbocycles. The number of hydrogen-bond donors (Lipinski definition) is 2. The summed E-state index contributed by atoms with van der Waals surface area (Å²) in [5, 5.41) is 11.7. The summed E-state index contributed by atoms with van der Waals surface area (Å²) >= 11 is 0. The van der Waals surface area contributed by atoms with Crippen molar-refractivity contribution in [2.45, 2.75) is 13.0 Å². The molecule has 2 rings (SSSR count). The molecule has 1 fully saturated rings. The summed E-state index contributed by atoms with van der Waals surface area (Å²) < 4.78 is 5.23. The van der Waals surface area contributed by atoms with E-state index in [1.165, 1.54) is 0 Å². The number of amides is 2. The smallest absolute Gasteiger partial charge is 0.317 e. The van der Waals surface area contributed by atoms with Crippen LogP contribution in [0, 0.1) is 11.8 Å². The molecule has 1 aliphatic heterocycles. The van der Waals surface area contributed by atoms with E-state index in [9.17, 15) is 4.79 Å². The predicted octanol–water partition coefficient (Wildman–Crippen LogP) is 0.962. The van der Waals surface area contributed by atoms with Crippen LogP contribution >= 0.6 is 0 Å². The number of benzene rings is 1. The predicted molar refractivity (Wildman–Crippen MR) is 79.7 cm³/mol. The molecule has 2 amide bonds. The summed E-state index contributed by atoms with van der Waals surface area (Å²) in [6.45, 7) is 2.95. The van der Waals surface area contributed by atoms with Gasteiger partial charge in [-0.2, -0.15) is 0 Å². The number of aliphatic hydroxyl groups excluding tert-OH is 1. The first-order valence-corrected chi connectivity index (χ1v) is 7.09. The Bertz CT molecular complexity index is 528. The van der Waals surface area contributed by atoms with Crippen LogP contribution in [0.2, 0.25) is 0 Å². The highest BCUT2D eigenvalue weighted by Gasteiger charge is 2.16. The van der Waals surface area contributed by atoms with E-state index in [-0.39, 0.29) is 12.6 Å². The van der Waals surface area contributed by atoms with Crippen molar-refractivity contribution in [1.29, 1.82) is 0 Å². The molecule has 1 aromatic rings. The summed E-state index contributed by atoms with van der Waals surface area (Å²) in [6.07, 6.45) is 0.453. The van der Waals surface area contributed by atoms with Gasteiger partial charge in [0, 0.05) is 31.6 Å². The maximum atomic E-state index is 12.0. The fraction of sp³-hybridized carbons (Fsp3) is 0.438. The van der Waals surface area contributed by atoms with Crippen LogP contribution < -0.4 is 5.32 Å². The van der Waals surface area contributed by atoms with Gasteiger partial charge in [-0.15, -0.1) is 0 Å². The molecule has 112 valence electrons. The molecule has 0 aliphatic carbocycles. The summed E-state index contributed by atoms with van der Waals surface area (Å²) in [7, 11) is 0. The molecule has 0 atom stereocenters. The van der Waals surface area contributed by atoms with E-state index in [0.717, 1.165) is 11.1 Å². The maximum Gasteiger partial charge on any atom is 0.317 e. The van der Waals surface area contributed by atoms with Crippen molar-refractivity contribution in [3.05, 3.63) is 35.4 Å². The molecule has 5 heteroatoms. The van der Waals surface area contributed by atoms with E-state index in [2.05, 4.69) is 17.2 Å². The molecule has 0 spiro atoms. The van der Waals surface area contributed by atoms with Gasteiger partial charge in [-0.05, 0) is 11.6 Å². The van der Waals surface area contributed by atoms with Gasteiger partial charge in [-0.3, -0.25) is 0 Å². The van der Waals surface area contributed by atoms with Gasteiger partial charge >= 0.3 is 6.03 Å². The highest BCUT2D eigenvalue weighted by Crippen LogP contribution is 2.07. The first-order valence-electron chi connectivity index (χ1n) is 7.09. The minimum absolute atomic E-state index is 0.0585. The number of carbonyl (C=O) groups is 1. The van der Waals surface area contributed by atoms with Crippen molar-refractivity contribution in [2.24, 2.45) is 0 Å². The standard InChI is InChI=1S/C16H20N2O3/c19-10-4-3-6-14-5-1-2-7-15(14)13-17-16(20)18-8-11-21-12-9-18/h1-2,5,7,19H,4,8-13H2,(H,17,20). The Morgan fingerprint density at radius 1 is 1.33 bits per heavy atom. The van der Waals surface area contributed by atoms with Crippen molar-refractivity contribution in [3.8, 4) is 11.8 Å². The van der Waals surface area contributed by atoms with Gasteiger partial charge in [0.05, 0.1) is 19.8 Å². The van der Waals surface area contributed by atoms with Crippen molar-refractivity contribution < 1.29 is 14.6 Å². The lowest BCUT2D eigenvalue weighted by molar-refractivity contribution is 0.0531. The molecule has 1 heterocycles. The Morgan fingerprint density at radius 2 is 2.10 bits per heavy atom. The highest BCUT2D eigenvalue weighted by molar-refractivity contribution is 5.74. The van der Waals surface area contributed by atoms with Crippen LogP contribution in [0.15, 0.2) is 24.3 Å². The normalized spacial score (nSPS) is 14.2. The van der Waals surface area contributed by atoms with Gasteiger partial charge in [0.15, 0.2) is 0 Å². The Kier molecular flexibility index (Phi) is 6.07. The van der Waals surface area contributed by atoms with Crippen LogP contribution in [0.5, 0.6) is 0 Å². The van der Waals surface area contributed by atoms with Gasteiger partial charge < -0.3 is 20.1 Å². The Hall–Kier alpha value is -2.03. The first kappa shape index (κ1) is 15.4. The fourth-order valence-corrected chi connectivity index (χ4v) is 2.06. The van der Waals surface area contributed by atoms with Gasteiger partial charge in [0.1, 0.15) is 0 Å². The average molecular weight is 288 g/mol. The van der Waals surface area contributed by atoms with Crippen LogP contribution in [0.4, 0.5) is 4.79 Å². The minimum atomic E-state index is -0.0728. The van der Waals surface area contributed by atoms with Crippen LogP contribution in [-0.4, -0.2) is 48.9 Å². The summed E-state index contributed by atoms with van der Waals surface area (Å²) in [6, 6.07) is 7.63. The van der Waals surface area contributed by atoms with Crippen molar-refractivity contribution >= 4 is 6.03 Å². The lowest BCUT2D eigenvalue weighted by Gasteiger charge is -2.27. The third kappa shape index (κ3) is 4.78. The molecule has 0 unspecified atom stereocenters. The molecule has 5 nitrogen and oxygen atoms in total. The maximum absolute atomic E-state index is 12.0. The number of carbonyl (C=O) groups excluding carboxylic acids is 1. The zero-order valence-electron chi connectivity index (χ0n) is 12.0. The molecule has 21 heavy (non-hydrogen) atoms. The second-order valence-electron chi connectivity index (χ2n) is 4.69. The van der Waals surface area contributed by atoms with Crippen LogP contribution in [0.3, 0.4) is 0 Å². The summed E-state index contributed by atoms with van der Waals surface area (Å²) in [4.78, 5) is 13.8. The Labute approximate surface area is 124 Å². The zero-order chi connectivity index (χ0) is 14.9. The van der Waals surface area contributed by atoms with Gasteiger partial charge in [-0.25, -0.2) is 4.79 Å². The number of ether oxygens (including phenoxy) is 1. The molecule has 0 bridgehead atoms. The second kappa shape index (κ2) is 8.30. The van der Waals surface area contributed by atoms with Crippen LogP contribution in [0.1, 0.15) is 17.5 Å². The lowest BCUT2D eigenvalue weighted by atomic mass is 10.1. The number of nitrogens with zero attached hydrogens (tertiary/aromatic N) is 1. The van der Waals surface area contributed by atoms with E-state index in [0.29, 0.717) is 39.3 Å². The average Bonchev–Trinajstić information content (AvgIpc) is 2.54. The molecule has 1 aliphatic rings. The fourth-order valence-electron chi connectivity index (χ4n) is 2.06. The van der Waals surface area contributed by atoms with Crippen LogP contribution in [-0.2, 0) is 11.3 Å². The largest absolute Gasteiger partial charge is 0.395 e. The van der Waals surface area contributed by atoms with Gasteiger partial charge in [0.25, 0.3) is 0 Å². The molecule has 0 aromatic heterocycles. The van der Waals surface area contributed by atoms with E-state index in [1.54, 1.807) is 4.90 Å². The number of hydrogen-bond acceptors (Lipinski definition) is 3. The minimum Gasteiger partial charge on any atom is -0.395 e. The second-order valence-corrected chi connectivity index (χ2v) is 4.69. The summed E-state index contributed by atoms with van der Waals surface area (Å²) in [5.41, 5.74) is 1.86. The topological polar surface area (TPSA) is 61.8 Å². The number of aliphatic hydroxyl groups is 1. The zero-order valence-corrected chi connectivity index (χ0v) is 12.0. The molecule has 0 radical (unpaired) electrons. The molecule has 1 saturated heterocycles. The van der Waals surface area contributed by atoms with Crippen molar-refractivity contribution in [2.75, 3.05) is 32.9 Å². The van der Waals surface area contributed by atoms with Crippen molar-refractivity contribution in [1.82, 2.24) is 10.2 Å². The van der Waals surface area contributed by atoms with E-state index < -0.39 is 0 Å². The number of morpholine rings is 1. The Morgan fingerprint density at radius 3 is 2.86 bits per heavy atom. The van der Waals surface area contributed by atoms with E-state index in [4.69, 9.17) is 9.84 Å². The monoisotopic (exact) mass is 288 g/mol. The molecule has 1 aromatic carbocycles. The number of urea groups is 1. The molecular formula is C16H20N2O3. The third-order valence-electron chi connectivity index (χ3n) is 3.21. The first-order chi connectivity index (χ1) is 10.3. The molecule has 2 N–H and O–H groups in total. The van der Waals surface area contributed by atoms with E-state index in [1.807, 2.05) is 24.3 Å². The highest BCUT2D eigenvalue weighted by atomic mass is 16.5. The lowest BCUT2D eigenvalue weighted by Crippen LogP contribution is -2.45. The molecular weight excluding hydrogens is 268 g/mol. The Balaban J connectivity index is 1.93.